The van der Waals surface area contributed by atoms with Crippen LogP contribution in [0.1, 0.15) is 21.7 Å². The molecular formula is C21H23N5O3S. The van der Waals surface area contributed by atoms with Gasteiger partial charge in [-0.1, -0.05) is 30.0 Å². The van der Waals surface area contributed by atoms with Crippen LogP contribution in [0.25, 0.3) is 0 Å². The number of hydrogen-bond donors (Lipinski definition) is 2. The van der Waals surface area contributed by atoms with Crippen LogP contribution >= 0.6 is 11.8 Å². The Morgan fingerprint density at radius 3 is 2.53 bits per heavy atom. The number of benzene rings is 2. The third-order valence-corrected chi connectivity index (χ3v) is 5.46. The summed E-state index contributed by atoms with van der Waals surface area (Å²) in [5.41, 5.74) is 2.33. The van der Waals surface area contributed by atoms with Crippen molar-refractivity contribution in [3.63, 3.8) is 0 Å². The number of carbonyl (C=O) groups excluding carboxylic acids is 2. The number of amides is 2. The van der Waals surface area contributed by atoms with Crippen LogP contribution in [-0.4, -0.2) is 39.4 Å². The molecule has 0 aliphatic rings. The molecule has 0 aliphatic heterocycles. The van der Waals surface area contributed by atoms with Crippen LogP contribution in [-0.2, 0) is 18.4 Å². The second-order valence-electron chi connectivity index (χ2n) is 6.52. The standard InChI is InChI=1S/C21H23N5O3S/c1-14-6-4-5-7-17(14)23-19(27)13-30-21-25-24-18(26(21)2)12-22-20(28)15-8-10-16(29-3)11-9-15/h4-11H,12-13H2,1-3H3,(H,22,28)(H,23,27). The van der Waals surface area contributed by atoms with Crippen LogP contribution in [0.3, 0.4) is 0 Å². The zero-order valence-corrected chi connectivity index (χ0v) is 17.8. The quantitative estimate of drug-likeness (QED) is 0.539. The Kier molecular flexibility index (Phi) is 7.08. The van der Waals surface area contributed by atoms with Gasteiger partial charge in [-0.25, -0.2) is 0 Å². The molecule has 0 saturated heterocycles. The summed E-state index contributed by atoms with van der Waals surface area (Å²) >= 11 is 1.29. The summed E-state index contributed by atoms with van der Waals surface area (Å²) in [5.74, 6) is 1.16. The van der Waals surface area contributed by atoms with E-state index >= 15 is 0 Å². The van der Waals surface area contributed by atoms with Crippen molar-refractivity contribution in [1.82, 2.24) is 20.1 Å². The maximum absolute atomic E-state index is 12.3. The van der Waals surface area contributed by atoms with Crippen molar-refractivity contribution in [3.05, 3.63) is 65.5 Å². The van der Waals surface area contributed by atoms with E-state index in [1.165, 1.54) is 11.8 Å². The van der Waals surface area contributed by atoms with Gasteiger partial charge in [-0.15, -0.1) is 10.2 Å². The second kappa shape index (κ2) is 9.93. The van der Waals surface area contributed by atoms with Crippen LogP contribution < -0.4 is 15.4 Å². The lowest BCUT2D eigenvalue weighted by Crippen LogP contribution is -2.24. The summed E-state index contributed by atoms with van der Waals surface area (Å²) < 4.78 is 6.86. The van der Waals surface area contributed by atoms with Gasteiger partial charge in [-0.3, -0.25) is 9.59 Å². The minimum Gasteiger partial charge on any atom is -0.497 e. The van der Waals surface area contributed by atoms with Gasteiger partial charge in [0.1, 0.15) is 5.75 Å². The molecule has 2 aromatic carbocycles. The molecule has 156 valence electrons. The van der Waals surface area contributed by atoms with Crippen molar-refractivity contribution in [1.29, 1.82) is 0 Å². The number of aromatic nitrogens is 3. The highest BCUT2D eigenvalue weighted by Crippen LogP contribution is 2.18. The molecule has 9 heteroatoms. The first-order chi connectivity index (χ1) is 14.5. The van der Waals surface area contributed by atoms with E-state index in [9.17, 15) is 9.59 Å². The number of anilines is 1. The average Bonchev–Trinajstić information content (AvgIpc) is 3.11. The van der Waals surface area contributed by atoms with E-state index in [-0.39, 0.29) is 24.1 Å². The predicted octanol–water partition coefficient (Wildman–Crippen LogP) is 2.79. The van der Waals surface area contributed by atoms with Crippen molar-refractivity contribution >= 4 is 29.3 Å². The monoisotopic (exact) mass is 425 g/mol. The number of aryl methyl sites for hydroxylation is 1. The number of para-hydroxylation sites is 1. The summed E-state index contributed by atoms with van der Waals surface area (Å²) in [6, 6.07) is 14.5. The molecule has 30 heavy (non-hydrogen) atoms. The van der Waals surface area contributed by atoms with E-state index in [1.807, 2.05) is 31.2 Å². The molecule has 0 spiro atoms. The Morgan fingerprint density at radius 2 is 1.83 bits per heavy atom. The number of carbonyl (C=O) groups is 2. The Bertz CT molecular complexity index is 1030. The molecule has 0 atom stereocenters. The molecule has 0 fully saturated rings. The summed E-state index contributed by atoms with van der Waals surface area (Å²) in [4.78, 5) is 24.5. The van der Waals surface area contributed by atoms with E-state index in [4.69, 9.17) is 4.74 Å². The summed E-state index contributed by atoms with van der Waals surface area (Å²) in [5, 5.41) is 14.5. The molecule has 2 N–H and O–H groups in total. The number of nitrogens with one attached hydrogen (secondary N) is 2. The molecule has 3 rings (SSSR count). The van der Waals surface area contributed by atoms with E-state index in [1.54, 1.807) is 43.0 Å². The lowest BCUT2D eigenvalue weighted by Gasteiger charge is -2.08. The highest BCUT2D eigenvalue weighted by Gasteiger charge is 2.13. The maximum atomic E-state index is 12.3. The average molecular weight is 426 g/mol. The minimum atomic E-state index is -0.215. The van der Waals surface area contributed by atoms with Gasteiger partial charge in [0.2, 0.25) is 5.91 Å². The van der Waals surface area contributed by atoms with Gasteiger partial charge in [0, 0.05) is 18.3 Å². The van der Waals surface area contributed by atoms with E-state index in [0.29, 0.717) is 22.3 Å². The number of hydrogen-bond acceptors (Lipinski definition) is 6. The smallest absolute Gasteiger partial charge is 0.251 e. The zero-order valence-electron chi connectivity index (χ0n) is 17.0. The molecule has 1 aromatic heterocycles. The van der Waals surface area contributed by atoms with Gasteiger partial charge < -0.3 is 19.9 Å². The second-order valence-corrected chi connectivity index (χ2v) is 7.46. The van der Waals surface area contributed by atoms with E-state index in [2.05, 4.69) is 20.8 Å². The third kappa shape index (κ3) is 5.38. The fraction of sp³-hybridized carbons (Fsp3) is 0.238. The highest BCUT2D eigenvalue weighted by molar-refractivity contribution is 7.99. The molecule has 8 nitrogen and oxygen atoms in total. The summed E-state index contributed by atoms with van der Waals surface area (Å²) in [7, 11) is 3.38. The van der Waals surface area contributed by atoms with Crippen molar-refractivity contribution < 1.29 is 14.3 Å². The summed E-state index contributed by atoms with van der Waals surface area (Å²) in [6.45, 7) is 2.17. The number of ether oxygens (including phenoxy) is 1. The van der Waals surface area contributed by atoms with E-state index < -0.39 is 0 Å². The largest absolute Gasteiger partial charge is 0.497 e. The van der Waals surface area contributed by atoms with Crippen molar-refractivity contribution in [2.45, 2.75) is 18.6 Å². The molecule has 0 aliphatic carbocycles. The molecule has 1 heterocycles. The number of rotatable bonds is 8. The normalized spacial score (nSPS) is 10.5. The van der Waals surface area contributed by atoms with E-state index in [0.717, 1.165) is 11.3 Å². The molecule has 0 radical (unpaired) electrons. The maximum Gasteiger partial charge on any atom is 0.251 e. The van der Waals surface area contributed by atoms with Gasteiger partial charge in [0.05, 0.1) is 19.4 Å². The van der Waals surface area contributed by atoms with Crippen molar-refractivity contribution in [2.75, 3.05) is 18.2 Å². The lowest BCUT2D eigenvalue weighted by atomic mass is 10.2. The molecule has 0 saturated carbocycles. The van der Waals surface area contributed by atoms with Gasteiger partial charge in [-0.05, 0) is 42.8 Å². The van der Waals surface area contributed by atoms with Crippen LogP contribution in [0.15, 0.2) is 53.7 Å². The number of nitrogens with zero attached hydrogens (tertiary/aromatic N) is 3. The fourth-order valence-electron chi connectivity index (χ4n) is 2.66. The predicted molar refractivity (Wildman–Crippen MR) is 116 cm³/mol. The molecule has 3 aromatic rings. The first-order valence-electron chi connectivity index (χ1n) is 9.26. The molecular weight excluding hydrogens is 402 g/mol. The van der Waals surface area contributed by atoms with Crippen LogP contribution in [0, 0.1) is 6.92 Å². The molecule has 0 unspecified atom stereocenters. The van der Waals surface area contributed by atoms with Crippen LogP contribution in [0.4, 0.5) is 5.69 Å². The Hall–Kier alpha value is -3.33. The Balaban J connectivity index is 1.52. The molecule has 2 amide bonds. The Morgan fingerprint density at radius 1 is 1.10 bits per heavy atom. The van der Waals surface area contributed by atoms with Crippen molar-refractivity contribution in [2.24, 2.45) is 7.05 Å². The minimum absolute atomic E-state index is 0.119. The fourth-order valence-corrected chi connectivity index (χ4v) is 3.39. The number of thioether (sulfide) groups is 1. The van der Waals surface area contributed by atoms with Gasteiger partial charge in [0.25, 0.3) is 5.91 Å². The topological polar surface area (TPSA) is 98.1 Å². The molecule has 0 bridgehead atoms. The SMILES string of the molecule is COc1ccc(C(=O)NCc2nnc(SCC(=O)Nc3ccccc3C)n2C)cc1. The third-order valence-electron chi connectivity index (χ3n) is 4.44. The lowest BCUT2D eigenvalue weighted by molar-refractivity contribution is -0.113. The van der Waals surface area contributed by atoms with Crippen molar-refractivity contribution in [3.8, 4) is 5.75 Å². The summed E-state index contributed by atoms with van der Waals surface area (Å²) in [6.07, 6.45) is 0. The van der Waals surface area contributed by atoms with Gasteiger partial charge in [-0.2, -0.15) is 0 Å². The number of methoxy groups -OCH3 is 1. The Labute approximate surface area is 179 Å². The van der Waals surface area contributed by atoms with Gasteiger partial charge in [0.15, 0.2) is 11.0 Å². The first-order valence-corrected chi connectivity index (χ1v) is 10.3. The van der Waals surface area contributed by atoms with Crippen LogP contribution in [0.2, 0.25) is 0 Å². The first kappa shape index (κ1) is 21.4. The van der Waals surface area contributed by atoms with Crippen LogP contribution in [0.5, 0.6) is 5.75 Å². The van der Waals surface area contributed by atoms with Gasteiger partial charge >= 0.3 is 0 Å². The zero-order chi connectivity index (χ0) is 21.5. The highest BCUT2D eigenvalue weighted by atomic mass is 32.2.